The molecule has 30 heavy (non-hydrogen) atoms. The highest BCUT2D eigenvalue weighted by molar-refractivity contribution is 5.72. The Bertz CT molecular complexity index is 897. The summed E-state index contributed by atoms with van der Waals surface area (Å²) in [5.41, 5.74) is 5.13. The second kappa shape index (κ2) is 9.96. The van der Waals surface area contributed by atoms with Gasteiger partial charge in [-0.1, -0.05) is 24.3 Å². The largest absolute Gasteiger partial charge is 0.353 e. The highest BCUT2D eigenvalue weighted by Gasteiger charge is 2.29. The van der Waals surface area contributed by atoms with Gasteiger partial charge >= 0.3 is 0 Å². The van der Waals surface area contributed by atoms with Crippen LogP contribution in [0.3, 0.4) is 0 Å². The third kappa shape index (κ3) is 5.12. The number of aryl methyl sites for hydroxylation is 1. The van der Waals surface area contributed by atoms with Gasteiger partial charge in [0.25, 0.3) is 0 Å². The average Bonchev–Trinajstić information content (AvgIpc) is 2.77. The zero-order chi connectivity index (χ0) is 20.8. The lowest BCUT2D eigenvalue weighted by molar-refractivity contribution is -0.118. The number of hydrogen-bond acceptors (Lipinski definition) is 5. The maximum atomic E-state index is 11.1. The minimum absolute atomic E-state index is 0.000477. The number of nitrogens with zero attached hydrogens (tertiary/aromatic N) is 3. The Morgan fingerprint density at radius 2 is 2.07 bits per heavy atom. The van der Waals surface area contributed by atoms with Crippen LogP contribution in [0, 0.1) is 0 Å². The van der Waals surface area contributed by atoms with Crippen molar-refractivity contribution in [1.82, 2.24) is 25.5 Å². The highest BCUT2D eigenvalue weighted by atomic mass is 16.1. The van der Waals surface area contributed by atoms with Crippen molar-refractivity contribution in [3.63, 3.8) is 0 Å². The number of rotatable bonds is 7. The fourth-order valence-corrected chi connectivity index (χ4v) is 4.55. The quantitative estimate of drug-likeness (QED) is 0.693. The third-order valence-electron chi connectivity index (χ3n) is 6.04. The topological polar surface area (TPSA) is 70.2 Å². The standard InChI is InChI=1S/C24H31N5O/c1-18(30)25-11-2-3-14-29(23-10-4-7-19-8-5-13-27-24(19)23)17-21-15-22-20(16-28-21)9-6-12-26-22/h2-3,5-6,8-9,12-13,21,23,28H,4,7,10-11,14-17H2,1H3,(H,25,30)/b3-2-/t21-,23-/m0/s1. The van der Waals surface area contributed by atoms with Gasteiger partial charge in [-0.25, -0.2) is 0 Å². The molecule has 2 N–H and O–H groups in total. The normalized spacial score (nSPS) is 20.7. The van der Waals surface area contributed by atoms with E-state index in [0.29, 0.717) is 18.6 Å². The number of pyridine rings is 2. The number of carbonyl (C=O) groups excluding carboxylic acids is 1. The first-order valence-electron chi connectivity index (χ1n) is 10.9. The molecule has 3 heterocycles. The van der Waals surface area contributed by atoms with Gasteiger partial charge in [0.05, 0.1) is 11.7 Å². The van der Waals surface area contributed by atoms with E-state index in [4.69, 9.17) is 4.98 Å². The molecule has 0 saturated carbocycles. The molecule has 0 aromatic carbocycles. The number of nitrogens with one attached hydrogen (secondary N) is 2. The van der Waals surface area contributed by atoms with Crippen molar-refractivity contribution >= 4 is 5.91 Å². The highest BCUT2D eigenvalue weighted by Crippen LogP contribution is 2.33. The fourth-order valence-electron chi connectivity index (χ4n) is 4.55. The lowest BCUT2D eigenvalue weighted by Gasteiger charge is -2.37. The maximum Gasteiger partial charge on any atom is 0.217 e. The zero-order valence-electron chi connectivity index (χ0n) is 17.7. The van der Waals surface area contributed by atoms with Gasteiger partial charge in [0.1, 0.15) is 0 Å². The van der Waals surface area contributed by atoms with Crippen molar-refractivity contribution in [3.8, 4) is 0 Å². The summed E-state index contributed by atoms with van der Waals surface area (Å²) in [5, 5.41) is 6.53. The summed E-state index contributed by atoms with van der Waals surface area (Å²) in [6.07, 6.45) is 12.4. The van der Waals surface area contributed by atoms with Gasteiger partial charge in [-0.3, -0.25) is 19.7 Å². The van der Waals surface area contributed by atoms with E-state index in [-0.39, 0.29) is 5.91 Å². The van der Waals surface area contributed by atoms with E-state index in [1.807, 2.05) is 30.6 Å². The van der Waals surface area contributed by atoms with Gasteiger partial charge < -0.3 is 10.6 Å². The van der Waals surface area contributed by atoms with Crippen LogP contribution in [-0.4, -0.2) is 46.5 Å². The van der Waals surface area contributed by atoms with Gasteiger partial charge in [0, 0.05) is 63.7 Å². The maximum absolute atomic E-state index is 11.1. The first-order valence-corrected chi connectivity index (χ1v) is 10.9. The Labute approximate surface area is 178 Å². The molecule has 1 aliphatic carbocycles. The first kappa shape index (κ1) is 20.7. The van der Waals surface area contributed by atoms with Crippen molar-refractivity contribution < 1.29 is 4.79 Å². The van der Waals surface area contributed by atoms with E-state index in [2.05, 4.69) is 38.7 Å². The van der Waals surface area contributed by atoms with Crippen molar-refractivity contribution in [2.24, 2.45) is 0 Å². The van der Waals surface area contributed by atoms with E-state index < -0.39 is 0 Å². The van der Waals surface area contributed by atoms with Crippen LogP contribution in [0.2, 0.25) is 0 Å². The van der Waals surface area contributed by atoms with Gasteiger partial charge in [-0.15, -0.1) is 0 Å². The molecule has 1 aliphatic heterocycles. The smallest absolute Gasteiger partial charge is 0.217 e. The Kier molecular flexibility index (Phi) is 6.87. The molecule has 2 aliphatic rings. The average molecular weight is 406 g/mol. The molecule has 2 atom stereocenters. The summed E-state index contributed by atoms with van der Waals surface area (Å²) in [7, 11) is 0. The van der Waals surface area contributed by atoms with Crippen molar-refractivity contribution in [1.29, 1.82) is 0 Å². The molecule has 0 fully saturated rings. The van der Waals surface area contributed by atoms with E-state index in [1.54, 1.807) is 6.92 Å². The molecule has 4 rings (SSSR count). The molecule has 2 aromatic rings. The molecule has 2 aromatic heterocycles. The Morgan fingerprint density at radius 3 is 2.93 bits per heavy atom. The first-order chi connectivity index (χ1) is 14.7. The molecule has 0 spiro atoms. The number of amides is 1. The van der Waals surface area contributed by atoms with Crippen molar-refractivity contribution in [2.75, 3.05) is 19.6 Å². The van der Waals surface area contributed by atoms with Gasteiger partial charge in [0.15, 0.2) is 0 Å². The lowest BCUT2D eigenvalue weighted by Crippen LogP contribution is -2.46. The third-order valence-corrected chi connectivity index (χ3v) is 6.04. The molecule has 158 valence electrons. The number of hydrogen-bond donors (Lipinski definition) is 2. The lowest BCUT2D eigenvalue weighted by atomic mass is 9.90. The molecule has 0 saturated heterocycles. The van der Waals surface area contributed by atoms with Crippen LogP contribution in [0.5, 0.6) is 0 Å². The van der Waals surface area contributed by atoms with E-state index in [9.17, 15) is 4.79 Å². The zero-order valence-corrected chi connectivity index (χ0v) is 17.7. The molecule has 0 unspecified atom stereocenters. The second-order valence-electron chi connectivity index (χ2n) is 8.21. The number of aromatic nitrogens is 2. The molecule has 0 bridgehead atoms. The van der Waals surface area contributed by atoms with Crippen LogP contribution in [0.15, 0.2) is 48.8 Å². The summed E-state index contributed by atoms with van der Waals surface area (Å²) in [4.78, 5) is 23.0. The molecular weight excluding hydrogens is 374 g/mol. The Morgan fingerprint density at radius 1 is 1.23 bits per heavy atom. The van der Waals surface area contributed by atoms with Crippen LogP contribution in [0.1, 0.15) is 48.3 Å². The van der Waals surface area contributed by atoms with Crippen LogP contribution >= 0.6 is 0 Å². The SMILES string of the molecule is CC(=O)NC/C=C\CN(C[C@@H]1Cc2ncccc2CN1)[C@H]1CCCc2cccnc21. The number of carbonyl (C=O) groups is 1. The number of fused-ring (bicyclic) bond motifs is 2. The van der Waals surface area contributed by atoms with Crippen molar-refractivity contribution in [2.45, 2.75) is 51.2 Å². The monoisotopic (exact) mass is 405 g/mol. The molecule has 1 amide bonds. The van der Waals surface area contributed by atoms with Crippen LogP contribution < -0.4 is 10.6 Å². The Hall–Kier alpha value is -2.57. The van der Waals surface area contributed by atoms with Crippen LogP contribution in [0.25, 0.3) is 0 Å². The van der Waals surface area contributed by atoms with E-state index in [1.165, 1.54) is 28.9 Å². The summed E-state index contributed by atoms with van der Waals surface area (Å²) < 4.78 is 0. The summed E-state index contributed by atoms with van der Waals surface area (Å²) in [5.74, 6) is -0.000477. The predicted molar refractivity (Wildman–Crippen MR) is 118 cm³/mol. The van der Waals surface area contributed by atoms with Crippen LogP contribution in [-0.2, 0) is 24.2 Å². The van der Waals surface area contributed by atoms with Crippen LogP contribution in [0.4, 0.5) is 0 Å². The summed E-state index contributed by atoms with van der Waals surface area (Å²) in [6, 6.07) is 9.13. The minimum atomic E-state index is -0.000477. The van der Waals surface area contributed by atoms with Gasteiger partial charge in [-0.2, -0.15) is 0 Å². The molecule has 6 nitrogen and oxygen atoms in total. The van der Waals surface area contributed by atoms with E-state index in [0.717, 1.165) is 38.9 Å². The summed E-state index contributed by atoms with van der Waals surface area (Å²) >= 11 is 0. The minimum Gasteiger partial charge on any atom is -0.353 e. The summed E-state index contributed by atoms with van der Waals surface area (Å²) in [6.45, 7) is 4.78. The molecular formula is C24H31N5O. The van der Waals surface area contributed by atoms with Gasteiger partial charge in [-0.05, 0) is 42.5 Å². The van der Waals surface area contributed by atoms with E-state index >= 15 is 0 Å². The van der Waals surface area contributed by atoms with Gasteiger partial charge in [0.2, 0.25) is 5.91 Å². The predicted octanol–water partition coefficient (Wildman–Crippen LogP) is 2.56. The molecule has 6 heteroatoms. The Balaban J connectivity index is 1.49. The fraction of sp³-hybridized carbons (Fsp3) is 0.458. The van der Waals surface area contributed by atoms with Crippen molar-refractivity contribution in [3.05, 3.63) is 71.3 Å². The molecule has 0 radical (unpaired) electrons. The second-order valence-corrected chi connectivity index (χ2v) is 8.21.